The summed E-state index contributed by atoms with van der Waals surface area (Å²) in [6.07, 6.45) is 0. The van der Waals surface area contributed by atoms with E-state index in [4.69, 9.17) is 14.2 Å². The summed E-state index contributed by atoms with van der Waals surface area (Å²) >= 11 is 0. The fourth-order valence-electron chi connectivity index (χ4n) is 1.81. The Kier molecular flexibility index (Phi) is 4.23. The van der Waals surface area contributed by atoms with Gasteiger partial charge in [-0.25, -0.2) is 0 Å². The van der Waals surface area contributed by atoms with Crippen LogP contribution in [0.3, 0.4) is 0 Å². The predicted octanol–water partition coefficient (Wildman–Crippen LogP) is 1.37. The number of aryl methyl sites for hydroxylation is 1. The van der Waals surface area contributed by atoms with E-state index < -0.39 is 0 Å². The number of morpholine rings is 1. The van der Waals surface area contributed by atoms with Crippen LogP contribution in [-0.4, -0.2) is 39.5 Å². The van der Waals surface area contributed by atoms with Gasteiger partial charge in [0.15, 0.2) is 11.5 Å². The standard InChI is InChI=1S/C13H19NO3/c1-10-3-4-12(13(7-10)15-2)17-9-11-8-16-6-5-14-11/h3-4,7,11,14H,5-6,8-9H2,1-2H3. The van der Waals surface area contributed by atoms with Crippen LogP contribution in [0.15, 0.2) is 18.2 Å². The van der Waals surface area contributed by atoms with Crippen LogP contribution >= 0.6 is 0 Å². The molecule has 4 heteroatoms. The lowest BCUT2D eigenvalue weighted by Gasteiger charge is -2.24. The smallest absolute Gasteiger partial charge is 0.161 e. The molecule has 1 saturated heterocycles. The molecule has 4 nitrogen and oxygen atoms in total. The molecule has 0 radical (unpaired) electrons. The van der Waals surface area contributed by atoms with Crippen molar-refractivity contribution in [1.82, 2.24) is 5.32 Å². The first-order chi connectivity index (χ1) is 8.29. The second-order valence-electron chi connectivity index (χ2n) is 4.19. The Hall–Kier alpha value is -1.26. The normalized spacial score (nSPS) is 20.0. The highest BCUT2D eigenvalue weighted by atomic mass is 16.5. The molecule has 0 bridgehead atoms. The molecule has 2 rings (SSSR count). The number of benzene rings is 1. The second kappa shape index (κ2) is 5.89. The average Bonchev–Trinajstić information content (AvgIpc) is 2.38. The topological polar surface area (TPSA) is 39.7 Å². The molecule has 1 aliphatic rings. The molecule has 17 heavy (non-hydrogen) atoms. The molecule has 1 unspecified atom stereocenters. The quantitative estimate of drug-likeness (QED) is 0.858. The van der Waals surface area contributed by atoms with Crippen molar-refractivity contribution in [3.8, 4) is 11.5 Å². The zero-order valence-electron chi connectivity index (χ0n) is 10.4. The molecule has 1 N–H and O–H groups in total. The summed E-state index contributed by atoms with van der Waals surface area (Å²) in [5.41, 5.74) is 1.16. The van der Waals surface area contributed by atoms with Crippen LogP contribution in [0.4, 0.5) is 0 Å². The van der Waals surface area contributed by atoms with Crippen LogP contribution in [0.25, 0.3) is 0 Å². The molecule has 1 aliphatic heterocycles. The summed E-state index contributed by atoms with van der Waals surface area (Å²) in [5.74, 6) is 1.56. The SMILES string of the molecule is COc1cc(C)ccc1OCC1COCCN1. The Morgan fingerprint density at radius 3 is 3.00 bits per heavy atom. The maximum Gasteiger partial charge on any atom is 0.161 e. The van der Waals surface area contributed by atoms with Crippen molar-refractivity contribution in [3.05, 3.63) is 23.8 Å². The lowest BCUT2D eigenvalue weighted by atomic mass is 10.2. The third kappa shape index (κ3) is 3.35. The zero-order valence-corrected chi connectivity index (χ0v) is 10.4. The minimum atomic E-state index is 0.259. The van der Waals surface area contributed by atoms with Crippen LogP contribution in [-0.2, 0) is 4.74 Å². The van der Waals surface area contributed by atoms with Crippen LogP contribution in [0.5, 0.6) is 11.5 Å². The first kappa shape index (κ1) is 12.2. The van der Waals surface area contributed by atoms with Gasteiger partial charge >= 0.3 is 0 Å². The lowest BCUT2D eigenvalue weighted by Crippen LogP contribution is -2.44. The van der Waals surface area contributed by atoms with E-state index in [1.54, 1.807) is 7.11 Å². The average molecular weight is 237 g/mol. The Morgan fingerprint density at radius 1 is 1.41 bits per heavy atom. The van der Waals surface area contributed by atoms with E-state index >= 15 is 0 Å². The fraction of sp³-hybridized carbons (Fsp3) is 0.538. The molecule has 1 aromatic carbocycles. The Labute approximate surface area is 102 Å². The molecule has 0 saturated carbocycles. The summed E-state index contributed by atoms with van der Waals surface area (Å²) in [7, 11) is 1.66. The highest BCUT2D eigenvalue weighted by Gasteiger charge is 2.14. The summed E-state index contributed by atoms with van der Waals surface area (Å²) in [4.78, 5) is 0. The molecule has 0 aliphatic carbocycles. The minimum absolute atomic E-state index is 0.259. The summed E-state index contributed by atoms with van der Waals surface area (Å²) in [6, 6.07) is 6.19. The summed E-state index contributed by atoms with van der Waals surface area (Å²) < 4.78 is 16.4. The van der Waals surface area contributed by atoms with Gasteiger partial charge in [-0.3, -0.25) is 0 Å². The van der Waals surface area contributed by atoms with Crippen LogP contribution in [0.2, 0.25) is 0 Å². The monoisotopic (exact) mass is 237 g/mol. The Balaban J connectivity index is 1.93. The van der Waals surface area contributed by atoms with Crippen molar-refractivity contribution in [1.29, 1.82) is 0 Å². The third-order valence-corrected chi connectivity index (χ3v) is 2.76. The molecule has 94 valence electrons. The highest BCUT2D eigenvalue weighted by molar-refractivity contribution is 5.42. The number of methoxy groups -OCH3 is 1. The highest BCUT2D eigenvalue weighted by Crippen LogP contribution is 2.27. The molecule has 1 heterocycles. The van der Waals surface area contributed by atoms with E-state index in [1.807, 2.05) is 25.1 Å². The molecule has 0 aromatic heterocycles. The van der Waals surface area contributed by atoms with E-state index in [-0.39, 0.29) is 6.04 Å². The molecular weight excluding hydrogens is 218 g/mol. The number of nitrogens with one attached hydrogen (secondary N) is 1. The minimum Gasteiger partial charge on any atom is -0.493 e. The van der Waals surface area contributed by atoms with Crippen molar-refractivity contribution in [3.63, 3.8) is 0 Å². The number of ether oxygens (including phenoxy) is 3. The van der Waals surface area contributed by atoms with Gasteiger partial charge in [-0.2, -0.15) is 0 Å². The van der Waals surface area contributed by atoms with Crippen LogP contribution in [0.1, 0.15) is 5.56 Å². The third-order valence-electron chi connectivity index (χ3n) is 2.76. The molecule has 0 spiro atoms. The van der Waals surface area contributed by atoms with Gasteiger partial charge < -0.3 is 19.5 Å². The molecule has 1 fully saturated rings. The Morgan fingerprint density at radius 2 is 2.29 bits per heavy atom. The summed E-state index contributed by atoms with van der Waals surface area (Å²) in [6.45, 7) is 5.00. The number of hydrogen-bond donors (Lipinski definition) is 1. The van der Waals surface area contributed by atoms with Crippen LogP contribution in [0, 0.1) is 6.92 Å². The largest absolute Gasteiger partial charge is 0.493 e. The maximum absolute atomic E-state index is 5.76. The van der Waals surface area contributed by atoms with Gasteiger partial charge in [-0.1, -0.05) is 6.07 Å². The molecule has 0 amide bonds. The second-order valence-corrected chi connectivity index (χ2v) is 4.19. The lowest BCUT2D eigenvalue weighted by molar-refractivity contribution is 0.0588. The van der Waals surface area contributed by atoms with Crippen LogP contribution < -0.4 is 14.8 Å². The molecule has 1 atom stereocenters. The number of hydrogen-bond acceptors (Lipinski definition) is 4. The maximum atomic E-state index is 5.76. The first-order valence-electron chi connectivity index (χ1n) is 5.88. The predicted molar refractivity (Wildman–Crippen MR) is 65.8 cm³/mol. The van der Waals surface area contributed by atoms with Crippen molar-refractivity contribution >= 4 is 0 Å². The number of rotatable bonds is 4. The Bertz CT molecular complexity index is 362. The summed E-state index contributed by atoms with van der Waals surface area (Å²) in [5, 5.41) is 3.35. The van der Waals surface area contributed by atoms with Gasteiger partial charge in [0.2, 0.25) is 0 Å². The van der Waals surface area contributed by atoms with Gasteiger partial charge in [0.25, 0.3) is 0 Å². The van der Waals surface area contributed by atoms with E-state index in [9.17, 15) is 0 Å². The molecular formula is C13H19NO3. The van der Waals surface area contributed by atoms with E-state index in [2.05, 4.69) is 5.32 Å². The van der Waals surface area contributed by atoms with Crippen molar-refractivity contribution in [2.24, 2.45) is 0 Å². The van der Waals surface area contributed by atoms with Gasteiger partial charge in [-0.05, 0) is 24.6 Å². The van der Waals surface area contributed by atoms with Gasteiger partial charge in [0, 0.05) is 6.54 Å². The fourth-order valence-corrected chi connectivity index (χ4v) is 1.81. The van der Waals surface area contributed by atoms with Gasteiger partial charge in [0.05, 0.1) is 26.4 Å². The van der Waals surface area contributed by atoms with Crippen molar-refractivity contribution < 1.29 is 14.2 Å². The van der Waals surface area contributed by atoms with Gasteiger partial charge in [-0.15, -0.1) is 0 Å². The van der Waals surface area contributed by atoms with E-state index in [1.165, 1.54) is 0 Å². The van der Waals surface area contributed by atoms with E-state index in [0.717, 1.165) is 30.2 Å². The van der Waals surface area contributed by atoms with Crippen molar-refractivity contribution in [2.45, 2.75) is 13.0 Å². The van der Waals surface area contributed by atoms with Crippen molar-refractivity contribution in [2.75, 3.05) is 33.5 Å². The zero-order chi connectivity index (χ0) is 12.1. The molecule has 1 aromatic rings. The van der Waals surface area contributed by atoms with E-state index in [0.29, 0.717) is 13.2 Å². The van der Waals surface area contributed by atoms with Gasteiger partial charge in [0.1, 0.15) is 6.61 Å². The first-order valence-corrected chi connectivity index (χ1v) is 5.88.